The van der Waals surface area contributed by atoms with E-state index in [2.05, 4.69) is 17.1 Å². The normalized spacial score (nSPS) is 13.7. The van der Waals surface area contributed by atoms with Gasteiger partial charge < -0.3 is 4.57 Å². The fraction of sp³-hybridized carbons (Fsp3) is 0.154. The molecule has 0 N–H and O–H groups in total. The largest absolute Gasteiger partial charge is 0.314 e. The molecule has 18 heavy (non-hydrogen) atoms. The Morgan fingerprint density at radius 1 is 1.11 bits per heavy atom. The second-order valence-corrected chi connectivity index (χ2v) is 5.28. The summed E-state index contributed by atoms with van der Waals surface area (Å²) in [6, 6.07) is 5.33. The molecule has 0 amide bonds. The molecule has 0 radical (unpaired) electrons. The first-order valence-electron chi connectivity index (χ1n) is 5.52. The van der Waals surface area contributed by atoms with E-state index in [0.717, 1.165) is 30.0 Å². The fourth-order valence-electron chi connectivity index (χ4n) is 2.04. The van der Waals surface area contributed by atoms with Gasteiger partial charge in [0, 0.05) is 23.6 Å². The Morgan fingerprint density at radius 3 is 2.67 bits per heavy atom. The zero-order chi connectivity index (χ0) is 12.7. The smallest absolute Gasteiger partial charge is 0.137 e. The lowest BCUT2D eigenvalue weighted by molar-refractivity contribution is 0.737. The van der Waals surface area contributed by atoms with Gasteiger partial charge in [0.1, 0.15) is 16.7 Å². The predicted molar refractivity (Wildman–Crippen MR) is 75.5 cm³/mol. The van der Waals surface area contributed by atoms with Crippen LogP contribution in [0.5, 0.6) is 0 Å². The van der Waals surface area contributed by atoms with Crippen molar-refractivity contribution >= 4 is 34.8 Å². The molecular formula is C13H9Cl3N2. The van der Waals surface area contributed by atoms with Crippen molar-refractivity contribution in [1.29, 1.82) is 0 Å². The highest BCUT2D eigenvalue weighted by Gasteiger charge is 2.19. The quantitative estimate of drug-likeness (QED) is 0.702. The van der Waals surface area contributed by atoms with Crippen LogP contribution in [0.15, 0.2) is 30.4 Å². The van der Waals surface area contributed by atoms with Crippen LogP contribution in [-0.2, 0) is 13.0 Å². The summed E-state index contributed by atoms with van der Waals surface area (Å²) in [7, 11) is 0. The molecule has 3 rings (SSSR count). The minimum Gasteiger partial charge on any atom is -0.314 e. The molecule has 92 valence electrons. The number of rotatable bonds is 1. The first-order valence-corrected chi connectivity index (χ1v) is 6.65. The minimum absolute atomic E-state index is 0.563. The number of hydrogen-bond donors (Lipinski definition) is 0. The number of nitrogens with zero attached hydrogens (tertiary/aromatic N) is 2. The van der Waals surface area contributed by atoms with Crippen LogP contribution in [0.1, 0.15) is 5.82 Å². The maximum absolute atomic E-state index is 6.36. The van der Waals surface area contributed by atoms with E-state index in [1.54, 1.807) is 12.1 Å². The van der Waals surface area contributed by atoms with Crippen molar-refractivity contribution in [1.82, 2.24) is 9.55 Å². The summed E-state index contributed by atoms with van der Waals surface area (Å²) in [5.41, 5.74) is 1.53. The molecule has 2 nitrogen and oxygen atoms in total. The monoisotopic (exact) mass is 298 g/mol. The number of fused-ring (bicyclic) bond motifs is 1. The van der Waals surface area contributed by atoms with Crippen LogP contribution in [0, 0.1) is 0 Å². The number of aromatic nitrogens is 2. The lowest BCUT2D eigenvalue weighted by Gasteiger charge is -2.08. The molecule has 2 aromatic rings. The predicted octanol–water partition coefficient (Wildman–Crippen LogP) is 4.62. The van der Waals surface area contributed by atoms with Crippen LogP contribution in [-0.4, -0.2) is 9.55 Å². The number of imidazole rings is 1. The molecule has 0 saturated carbocycles. The lowest BCUT2D eigenvalue weighted by Crippen LogP contribution is -2.05. The van der Waals surface area contributed by atoms with E-state index in [9.17, 15) is 0 Å². The van der Waals surface area contributed by atoms with E-state index in [1.807, 2.05) is 10.6 Å². The molecule has 1 aromatic heterocycles. The van der Waals surface area contributed by atoms with E-state index in [-0.39, 0.29) is 0 Å². The molecule has 2 heterocycles. The van der Waals surface area contributed by atoms with Gasteiger partial charge in [0.05, 0.1) is 5.02 Å². The minimum atomic E-state index is 0.563. The van der Waals surface area contributed by atoms with Crippen LogP contribution >= 0.6 is 34.8 Å². The molecule has 5 heteroatoms. The maximum Gasteiger partial charge on any atom is 0.137 e. The van der Waals surface area contributed by atoms with E-state index >= 15 is 0 Å². The van der Waals surface area contributed by atoms with E-state index < -0.39 is 0 Å². The Labute approximate surface area is 120 Å². The van der Waals surface area contributed by atoms with Crippen LogP contribution in [0.3, 0.4) is 0 Å². The van der Waals surface area contributed by atoms with Gasteiger partial charge in [-0.3, -0.25) is 0 Å². The zero-order valence-electron chi connectivity index (χ0n) is 9.33. The van der Waals surface area contributed by atoms with Crippen molar-refractivity contribution in [3.8, 4) is 11.3 Å². The highest BCUT2D eigenvalue weighted by molar-refractivity contribution is 6.37. The summed E-state index contributed by atoms with van der Waals surface area (Å²) in [5, 5.41) is 1.79. The average Bonchev–Trinajstić information content (AvgIpc) is 2.68. The molecule has 1 aliphatic rings. The second-order valence-electron chi connectivity index (χ2n) is 4.08. The molecule has 0 atom stereocenters. The third-order valence-electron chi connectivity index (χ3n) is 2.93. The first-order chi connectivity index (χ1) is 8.66. The second kappa shape index (κ2) is 4.61. The van der Waals surface area contributed by atoms with Gasteiger partial charge >= 0.3 is 0 Å². The molecule has 1 aromatic carbocycles. The van der Waals surface area contributed by atoms with Gasteiger partial charge in [-0.15, -0.1) is 0 Å². The Morgan fingerprint density at radius 2 is 1.94 bits per heavy atom. The summed E-state index contributed by atoms with van der Waals surface area (Å²) in [4.78, 5) is 4.56. The van der Waals surface area contributed by atoms with Gasteiger partial charge in [-0.05, 0) is 18.2 Å². The topological polar surface area (TPSA) is 17.8 Å². The Kier molecular flexibility index (Phi) is 3.10. The van der Waals surface area contributed by atoms with Crippen molar-refractivity contribution in [2.75, 3.05) is 0 Å². The maximum atomic E-state index is 6.36. The summed E-state index contributed by atoms with van der Waals surface area (Å²) in [5.74, 6) is 0.962. The SMILES string of the molecule is Clc1ccc(-c2nc3n(c2Cl)CC=CC3)c(Cl)c1. The van der Waals surface area contributed by atoms with Gasteiger partial charge in [-0.2, -0.15) is 0 Å². The molecule has 0 aliphatic carbocycles. The Balaban J connectivity index is 2.15. The van der Waals surface area contributed by atoms with Crippen LogP contribution < -0.4 is 0 Å². The van der Waals surface area contributed by atoms with Gasteiger partial charge in [0.15, 0.2) is 0 Å². The standard InChI is InChI=1S/C13H9Cl3N2/c14-8-4-5-9(10(15)7-8)12-13(16)18-6-2-1-3-11(18)17-12/h1-2,4-5,7H,3,6H2. The Hall–Kier alpha value is -0.960. The molecule has 1 aliphatic heterocycles. The summed E-state index contributed by atoms with van der Waals surface area (Å²) < 4.78 is 1.99. The van der Waals surface area contributed by atoms with Crippen LogP contribution in [0.25, 0.3) is 11.3 Å². The van der Waals surface area contributed by atoms with Gasteiger partial charge in [0.25, 0.3) is 0 Å². The van der Waals surface area contributed by atoms with Crippen molar-refractivity contribution in [2.45, 2.75) is 13.0 Å². The molecule has 0 fully saturated rings. The summed E-state index contributed by atoms with van der Waals surface area (Å²) in [6.07, 6.45) is 4.96. The van der Waals surface area contributed by atoms with E-state index in [0.29, 0.717) is 15.2 Å². The molecule has 0 saturated heterocycles. The molecule has 0 bridgehead atoms. The highest BCUT2D eigenvalue weighted by Crippen LogP contribution is 2.35. The van der Waals surface area contributed by atoms with Crippen molar-refractivity contribution in [3.05, 3.63) is 51.4 Å². The molecule has 0 spiro atoms. The number of benzene rings is 1. The third-order valence-corrected chi connectivity index (χ3v) is 3.86. The summed E-state index contributed by atoms with van der Waals surface area (Å²) in [6.45, 7) is 0.756. The van der Waals surface area contributed by atoms with Crippen molar-refractivity contribution in [3.63, 3.8) is 0 Å². The average molecular weight is 300 g/mol. The Bertz CT molecular complexity index is 644. The summed E-state index contributed by atoms with van der Waals surface area (Å²) >= 11 is 18.4. The highest BCUT2D eigenvalue weighted by atomic mass is 35.5. The molecular weight excluding hydrogens is 291 g/mol. The van der Waals surface area contributed by atoms with Gasteiger partial charge in [0.2, 0.25) is 0 Å². The van der Waals surface area contributed by atoms with Crippen LogP contribution in [0.2, 0.25) is 15.2 Å². The van der Waals surface area contributed by atoms with E-state index in [4.69, 9.17) is 34.8 Å². The third kappa shape index (κ3) is 1.95. The van der Waals surface area contributed by atoms with Gasteiger partial charge in [-0.25, -0.2) is 4.98 Å². The lowest BCUT2D eigenvalue weighted by atomic mass is 10.2. The fourth-order valence-corrected chi connectivity index (χ4v) is 2.85. The first kappa shape index (κ1) is 12.1. The van der Waals surface area contributed by atoms with E-state index in [1.165, 1.54) is 0 Å². The zero-order valence-corrected chi connectivity index (χ0v) is 11.6. The van der Waals surface area contributed by atoms with Crippen molar-refractivity contribution in [2.24, 2.45) is 0 Å². The number of allylic oxidation sites excluding steroid dienone is 2. The molecule has 0 unspecified atom stereocenters. The van der Waals surface area contributed by atoms with Gasteiger partial charge in [-0.1, -0.05) is 47.0 Å². The number of halogens is 3. The van der Waals surface area contributed by atoms with Crippen molar-refractivity contribution < 1.29 is 0 Å². The number of hydrogen-bond acceptors (Lipinski definition) is 1. The van der Waals surface area contributed by atoms with Crippen LogP contribution in [0.4, 0.5) is 0 Å².